The largest absolute Gasteiger partial charge is 0.480 e. The molecule has 1 aromatic heterocycles. The lowest BCUT2D eigenvalue weighted by Crippen LogP contribution is -2.01. The zero-order chi connectivity index (χ0) is 9.84. The molecule has 0 N–H and O–H groups in total. The minimum atomic E-state index is 0.377. The number of nitrogens with zero attached hydrogens (tertiary/aromatic N) is 2. The highest BCUT2D eigenvalue weighted by Crippen LogP contribution is 2.23. The van der Waals surface area contributed by atoms with E-state index in [9.17, 15) is 0 Å². The molecule has 0 aliphatic heterocycles. The summed E-state index contributed by atoms with van der Waals surface area (Å²) in [5.41, 5.74) is 0. The van der Waals surface area contributed by atoms with Gasteiger partial charge in [0.15, 0.2) is 0 Å². The quantitative estimate of drug-likeness (QED) is 0.821. The van der Waals surface area contributed by atoms with Gasteiger partial charge in [0.2, 0.25) is 5.88 Å². The van der Waals surface area contributed by atoms with Crippen molar-refractivity contribution in [1.82, 2.24) is 9.97 Å². The van der Waals surface area contributed by atoms with Crippen LogP contribution in [0.2, 0.25) is 0 Å². The first-order valence-corrected chi connectivity index (χ1v) is 5.04. The van der Waals surface area contributed by atoms with Crippen LogP contribution in [0.4, 0.5) is 0 Å². The van der Waals surface area contributed by atoms with Crippen molar-refractivity contribution in [2.75, 3.05) is 7.11 Å². The van der Waals surface area contributed by atoms with Crippen LogP contribution >= 0.6 is 15.9 Å². The first kappa shape index (κ1) is 10.4. The molecule has 1 aromatic rings. The van der Waals surface area contributed by atoms with Crippen molar-refractivity contribution < 1.29 is 4.74 Å². The topological polar surface area (TPSA) is 35.0 Å². The standard InChI is InChI=1S/C9H13BrN2O/c1-4-6(2)8-11-5-7(10)9(12-8)13-3/h5-6H,4H2,1-3H3. The van der Waals surface area contributed by atoms with Gasteiger partial charge in [-0.25, -0.2) is 4.98 Å². The van der Waals surface area contributed by atoms with E-state index in [1.807, 2.05) is 0 Å². The van der Waals surface area contributed by atoms with E-state index in [4.69, 9.17) is 4.74 Å². The molecule has 0 fully saturated rings. The van der Waals surface area contributed by atoms with Crippen molar-refractivity contribution in [2.45, 2.75) is 26.2 Å². The van der Waals surface area contributed by atoms with Crippen molar-refractivity contribution in [3.8, 4) is 5.88 Å². The Labute approximate surface area is 86.7 Å². The molecule has 72 valence electrons. The first-order chi connectivity index (χ1) is 6.19. The monoisotopic (exact) mass is 244 g/mol. The molecule has 0 aliphatic rings. The van der Waals surface area contributed by atoms with Crippen LogP contribution in [-0.2, 0) is 0 Å². The molecule has 1 heterocycles. The van der Waals surface area contributed by atoms with Crippen LogP contribution in [0.1, 0.15) is 32.0 Å². The summed E-state index contributed by atoms with van der Waals surface area (Å²) in [6, 6.07) is 0. The molecule has 0 aliphatic carbocycles. The maximum absolute atomic E-state index is 5.08. The van der Waals surface area contributed by atoms with Crippen molar-refractivity contribution in [1.29, 1.82) is 0 Å². The average Bonchev–Trinajstić information content (AvgIpc) is 2.17. The van der Waals surface area contributed by atoms with Gasteiger partial charge in [-0.05, 0) is 22.4 Å². The molecule has 0 spiro atoms. The fourth-order valence-electron chi connectivity index (χ4n) is 0.927. The molecule has 0 radical (unpaired) electrons. The Morgan fingerprint density at radius 2 is 2.31 bits per heavy atom. The number of aromatic nitrogens is 2. The Balaban J connectivity index is 2.99. The zero-order valence-corrected chi connectivity index (χ0v) is 9.63. The molecular weight excluding hydrogens is 232 g/mol. The summed E-state index contributed by atoms with van der Waals surface area (Å²) in [6.45, 7) is 4.21. The van der Waals surface area contributed by atoms with E-state index in [0.717, 1.165) is 16.7 Å². The summed E-state index contributed by atoms with van der Waals surface area (Å²) in [5.74, 6) is 1.81. The molecule has 0 bridgehead atoms. The Morgan fingerprint density at radius 1 is 1.62 bits per heavy atom. The van der Waals surface area contributed by atoms with Gasteiger partial charge >= 0.3 is 0 Å². The third-order valence-electron chi connectivity index (χ3n) is 1.98. The Bertz CT molecular complexity index is 291. The highest BCUT2D eigenvalue weighted by Gasteiger charge is 2.09. The Kier molecular flexibility index (Phi) is 3.66. The smallest absolute Gasteiger partial charge is 0.231 e. The number of rotatable bonds is 3. The number of halogens is 1. The summed E-state index contributed by atoms with van der Waals surface area (Å²) >= 11 is 3.31. The molecule has 1 atom stereocenters. The Morgan fingerprint density at radius 3 is 2.85 bits per heavy atom. The summed E-state index contributed by atoms with van der Waals surface area (Å²) in [5, 5.41) is 0. The number of hydrogen-bond donors (Lipinski definition) is 0. The van der Waals surface area contributed by atoms with Gasteiger partial charge < -0.3 is 4.74 Å². The maximum atomic E-state index is 5.08. The van der Waals surface area contributed by atoms with Crippen LogP contribution in [0.5, 0.6) is 5.88 Å². The van der Waals surface area contributed by atoms with E-state index < -0.39 is 0 Å². The van der Waals surface area contributed by atoms with Crippen LogP contribution in [0.15, 0.2) is 10.7 Å². The second-order valence-electron chi connectivity index (χ2n) is 2.89. The van der Waals surface area contributed by atoms with E-state index in [-0.39, 0.29) is 0 Å². The molecule has 0 saturated carbocycles. The van der Waals surface area contributed by atoms with Crippen LogP contribution in [0, 0.1) is 0 Å². The van der Waals surface area contributed by atoms with Crippen LogP contribution in [0.3, 0.4) is 0 Å². The van der Waals surface area contributed by atoms with Crippen molar-refractivity contribution >= 4 is 15.9 Å². The molecule has 0 aromatic carbocycles. The highest BCUT2D eigenvalue weighted by molar-refractivity contribution is 9.10. The predicted molar refractivity (Wildman–Crippen MR) is 55.0 cm³/mol. The van der Waals surface area contributed by atoms with Gasteiger partial charge in [0.25, 0.3) is 0 Å². The van der Waals surface area contributed by atoms with Gasteiger partial charge in [0.05, 0.1) is 11.6 Å². The summed E-state index contributed by atoms with van der Waals surface area (Å²) < 4.78 is 5.88. The minimum absolute atomic E-state index is 0.377. The highest BCUT2D eigenvalue weighted by atomic mass is 79.9. The predicted octanol–water partition coefficient (Wildman–Crippen LogP) is 2.76. The minimum Gasteiger partial charge on any atom is -0.480 e. The lowest BCUT2D eigenvalue weighted by Gasteiger charge is -2.08. The van der Waals surface area contributed by atoms with Crippen LogP contribution in [-0.4, -0.2) is 17.1 Å². The fraction of sp³-hybridized carbons (Fsp3) is 0.556. The summed E-state index contributed by atoms with van der Waals surface area (Å²) in [4.78, 5) is 8.50. The second kappa shape index (κ2) is 4.56. The third kappa shape index (κ3) is 2.40. The molecule has 0 amide bonds. The van der Waals surface area contributed by atoms with Gasteiger partial charge in [-0.2, -0.15) is 4.98 Å². The average molecular weight is 245 g/mol. The molecule has 1 unspecified atom stereocenters. The lowest BCUT2D eigenvalue weighted by molar-refractivity contribution is 0.390. The molecule has 1 rings (SSSR count). The van der Waals surface area contributed by atoms with Crippen molar-refractivity contribution in [3.05, 3.63) is 16.5 Å². The lowest BCUT2D eigenvalue weighted by atomic mass is 10.1. The summed E-state index contributed by atoms with van der Waals surface area (Å²) in [7, 11) is 1.60. The van der Waals surface area contributed by atoms with E-state index >= 15 is 0 Å². The molecule has 0 saturated heterocycles. The van der Waals surface area contributed by atoms with Gasteiger partial charge in [0.1, 0.15) is 5.82 Å². The summed E-state index contributed by atoms with van der Waals surface area (Å²) in [6.07, 6.45) is 2.76. The molecular formula is C9H13BrN2O. The van der Waals surface area contributed by atoms with Crippen molar-refractivity contribution in [3.63, 3.8) is 0 Å². The van der Waals surface area contributed by atoms with Gasteiger partial charge in [-0.1, -0.05) is 13.8 Å². The second-order valence-corrected chi connectivity index (χ2v) is 3.75. The first-order valence-electron chi connectivity index (χ1n) is 4.25. The SMILES string of the molecule is CCC(C)c1ncc(Br)c(OC)n1. The van der Waals surface area contributed by atoms with E-state index in [1.165, 1.54) is 0 Å². The maximum Gasteiger partial charge on any atom is 0.231 e. The van der Waals surface area contributed by atoms with E-state index in [0.29, 0.717) is 11.8 Å². The zero-order valence-electron chi connectivity index (χ0n) is 8.04. The van der Waals surface area contributed by atoms with Crippen LogP contribution in [0.25, 0.3) is 0 Å². The normalized spacial score (nSPS) is 12.6. The van der Waals surface area contributed by atoms with Crippen LogP contribution < -0.4 is 4.74 Å². The molecule has 4 heteroatoms. The number of methoxy groups -OCH3 is 1. The third-order valence-corrected chi connectivity index (χ3v) is 2.52. The molecule has 3 nitrogen and oxygen atoms in total. The fourth-order valence-corrected chi connectivity index (χ4v) is 1.28. The Hall–Kier alpha value is -0.640. The number of ether oxygens (including phenoxy) is 1. The van der Waals surface area contributed by atoms with E-state index in [2.05, 4.69) is 39.7 Å². The molecule has 13 heavy (non-hydrogen) atoms. The van der Waals surface area contributed by atoms with E-state index in [1.54, 1.807) is 13.3 Å². The van der Waals surface area contributed by atoms with Gasteiger partial charge in [-0.15, -0.1) is 0 Å². The van der Waals surface area contributed by atoms with Crippen molar-refractivity contribution in [2.24, 2.45) is 0 Å². The number of hydrogen-bond acceptors (Lipinski definition) is 3. The van der Waals surface area contributed by atoms with Gasteiger partial charge in [0, 0.05) is 12.1 Å². The van der Waals surface area contributed by atoms with Gasteiger partial charge in [-0.3, -0.25) is 0 Å².